The Labute approximate surface area is 200 Å². The van der Waals surface area contributed by atoms with Crippen molar-refractivity contribution in [3.05, 3.63) is 58.7 Å². The van der Waals surface area contributed by atoms with Gasteiger partial charge in [-0.25, -0.2) is 0 Å². The van der Waals surface area contributed by atoms with Crippen molar-refractivity contribution >= 4 is 22.8 Å². The zero-order chi connectivity index (χ0) is 24.2. The number of carbonyl (C=O) groups excluding carboxylic acids is 1. The van der Waals surface area contributed by atoms with Gasteiger partial charge in [-0.1, -0.05) is 48.9 Å². The molecule has 1 aliphatic heterocycles. The molecule has 180 valence electrons. The molecule has 10 heteroatoms. The number of hydrogen-bond donors (Lipinski definition) is 1. The minimum absolute atomic E-state index is 0.169. The van der Waals surface area contributed by atoms with Crippen LogP contribution in [0.4, 0.5) is 18.3 Å². The molecule has 1 aromatic carbocycles. The summed E-state index contributed by atoms with van der Waals surface area (Å²) >= 11 is 0.523. The van der Waals surface area contributed by atoms with Crippen molar-refractivity contribution in [2.45, 2.75) is 50.9 Å². The molecule has 0 radical (unpaired) electrons. The van der Waals surface area contributed by atoms with Crippen LogP contribution in [0.1, 0.15) is 53.5 Å². The lowest BCUT2D eigenvalue weighted by molar-refractivity contribution is -0.138. The summed E-state index contributed by atoms with van der Waals surface area (Å²) in [5.74, 6) is 0. The van der Waals surface area contributed by atoms with Gasteiger partial charge in [0.2, 0.25) is 10.1 Å². The van der Waals surface area contributed by atoms with Crippen molar-refractivity contribution in [3.63, 3.8) is 0 Å². The van der Waals surface area contributed by atoms with Crippen LogP contribution in [0.15, 0.2) is 42.6 Å². The van der Waals surface area contributed by atoms with Gasteiger partial charge in [0.15, 0.2) is 6.29 Å². The van der Waals surface area contributed by atoms with Crippen molar-refractivity contribution in [1.29, 1.82) is 0 Å². The van der Waals surface area contributed by atoms with Crippen molar-refractivity contribution in [1.82, 2.24) is 20.1 Å². The predicted molar refractivity (Wildman–Crippen MR) is 126 cm³/mol. The topological polar surface area (TPSA) is 71.0 Å². The average molecular weight is 490 g/mol. The van der Waals surface area contributed by atoms with Crippen LogP contribution in [0.3, 0.4) is 0 Å². The van der Waals surface area contributed by atoms with Crippen LogP contribution in [0, 0.1) is 0 Å². The third kappa shape index (κ3) is 5.12. The highest BCUT2D eigenvalue weighted by atomic mass is 32.1. The van der Waals surface area contributed by atoms with Gasteiger partial charge >= 0.3 is 6.18 Å². The second kappa shape index (κ2) is 10.2. The lowest BCUT2D eigenvalue weighted by atomic mass is 9.83. The summed E-state index contributed by atoms with van der Waals surface area (Å²) in [5, 5.41) is 9.30. The van der Waals surface area contributed by atoms with Gasteiger partial charge in [0.25, 0.3) is 0 Å². The molecule has 0 spiro atoms. The van der Waals surface area contributed by atoms with Crippen molar-refractivity contribution in [2.75, 3.05) is 18.4 Å². The molecule has 3 heterocycles. The molecule has 1 saturated heterocycles. The van der Waals surface area contributed by atoms with Gasteiger partial charge in [0.1, 0.15) is 0 Å². The summed E-state index contributed by atoms with van der Waals surface area (Å²) in [7, 11) is 0. The number of benzene rings is 1. The fourth-order valence-corrected chi connectivity index (χ4v) is 5.26. The Morgan fingerprint density at radius 3 is 2.71 bits per heavy atom. The summed E-state index contributed by atoms with van der Waals surface area (Å²) in [6.07, 6.45) is 1.86. The molecule has 0 bridgehead atoms. The van der Waals surface area contributed by atoms with Crippen molar-refractivity contribution < 1.29 is 18.0 Å². The molecule has 1 aliphatic rings. The molecule has 6 nitrogen and oxygen atoms in total. The van der Waals surface area contributed by atoms with E-state index in [0.29, 0.717) is 30.0 Å². The largest absolute Gasteiger partial charge is 0.445 e. The first-order valence-corrected chi connectivity index (χ1v) is 12.1. The molecule has 3 aromatic rings. The zero-order valence-corrected chi connectivity index (χ0v) is 19.6. The van der Waals surface area contributed by atoms with E-state index in [9.17, 15) is 18.0 Å². The molecule has 1 atom stereocenters. The Bertz CT molecular complexity index is 1120. The van der Waals surface area contributed by atoms with Crippen LogP contribution in [-0.2, 0) is 12.7 Å². The molecule has 34 heavy (non-hydrogen) atoms. The second-order valence-corrected chi connectivity index (χ2v) is 9.41. The number of carbonyl (C=O) groups is 1. The number of likely N-dealkylation sites (tertiary alicyclic amines) is 1. The lowest BCUT2D eigenvalue weighted by Gasteiger charge is -2.47. The highest BCUT2D eigenvalue weighted by molar-refractivity contribution is 7.15. The monoisotopic (exact) mass is 489 g/mol. The fraction of sp³-hybridized carbons (Fsp3) is 0.417. The number of nitrogens with one attached hydrogen (secondary N) is 1. The van der Waals surface area contributed by atoms with E-state index in [1.807, 2.05) is 30.3 Å². The molecular weight excluding hydrogens is 463 g/mol. The van der Waals surface area contributed by atoms with Gasteiger partial charge < -0.3 is 5.32 Å². The first-order valence-electron chi connectivity index (χ1n) is 11.2. The highest BCUT2D eigenvalue weighted by Crippen LogP contribution is 2.37. The van der Waals surface area contributed by atoms with E-state index >= 15 is 0 Å². The Morgan fingerprint density at radius 1 is 1.18 bits per heavy atom. The maximum Gasteiger partial charge on any atom is 0.445 e. The van der Waals surface area contributed by atoms with Crippen LogP contribution >= 0.6 is 11.3 Å². The Kier molecular flexibility index (Phi) is 7.27. The summed E-state index contributed by atoms with van der Waals surface area (Å²) in [5.41, 5.74) is 2.88. The van der Waals surface area contributed by atoms with Gasteiger partial charge in [-0.2, -0.15) is 13.2 Å². The smallest absolute Gasteiger partial charge is 0.358 e. The highest BCUT2D eigenvalue weighted by Gasteiger charge is 2.39. The summed E-state index contributed by atoms with van der Waals surface area (Å²) < 4.78 is 38.8. The standard InChI is InChI=1S/C24H26F3N5OS/c1-2-23(16-29-22-31-30-21(34-22)24(25,26)27)11-4-6-13-32(23)14-17-8-7-9-18(15-33)20(17)19-10-3-5-12-28-19/h3,5,7-10,12,15H,2,4,6,11,13-14,16H2,1H3,(H,29,31)/t23-/m0/s1. The minimum atomic E-state index is -4.50. The molecule has 1 N–H and O–H groups in total. The van der Waals surface area contributed by atoms with Gasteiger partial charge in [0, 0.05) is 36.0 Å². The molecule has 0 amide bonds. The van der Waals surface area contributed by atoms with Gasteiger partial charge in [-0.3, -0.25) is 14.7 Å². The Balaban J connectivity index is 1.60. The number of pyridine rings is 1. The van der Waals surface area contributed by atoms with Gasteiger partial charge in [-0.15, -0.1) is 10.2 Å². The molecule has 0 saturated carbocycles. The Hall–Kier alpha value is -2.85. The second-order valence-electron chi connectivity index (χ2n) is 8.43. The zero-order valence-electron chi connectivity index (χ0n) is 18.8. The fourth-order valence-electron chi connectivity index (χ4n) is 4.65. The molecule has 4 rings (SSSR count). The SMILES string of the molecule is CC[C@@]1(CNc2nnc(C(F)(F)F)s2)CCCCN1Cc1cccc(C=O)c1-c1ccccn1. The number of aromatic nitrogens is 3. The molecule has 0 unspecified atom stereocenters. The third-order valence-electron chi connectivity index (χ3n) is 6.48. The normalized spacial score (nSPS) is 19.2. The molecule has 2 aromatic heterocycles. The third-order valence-corrected chi connectivity index (χ3v) is 7.40. The van der Waals surface area contributed by atoms with E-state index in [-0.39, 0.29) is 10.7 Å². The first kappa shape index (κ1) is 24.3. The molecule has 0 aliphatic carbocycles. The van der Waals surface area contributed by atoms with E-state index in [1.54, 1.807) is 12.3 Å². The van der Waals surface area contributed by atoms with E-state index in [4.69, 9.17) is 0 Å². The van der Waals surface area contributed by atoms with Crippen LogP contribution < -0.4 is 5.32 Å². The number of aldehydes is 1. The predicted octanol–water partition coefficient (Wildman–Crippen LogP) is 5.68. The molecule has 1 fully saturated rings. The van der Waals surface area contributed by atoms with E-state index in [1.165, 1.54) is 0 Å². The molecular formula is C24H26F3N5OS. The summed E-state index contributed by atoms with van der Waals surface area (Å²) in [6, 6.07) is 11.3. The number of anilines is 1. The number of piperidine rings is 1. The van der Waals surface area contributed by atoms with E-state index in [2.05, 4.69) is 32.3 Å². The van der Waals surface area contributed by atoms with Gasteiger partial charge in [-0.05, 0) is 43.5 Å². The Morgan fingerprint density at radius 2 is 2.03 bits per heavy atom. The first-order chi connectivity index (χ1) is 16.4. The number of alkyl halides is 3. The van der Waals surface area contributed by atoms with Crippen LogP contribution in [0.2, 0.25) is 0 Å². The average Bonchev–Trinajstić information content (AvgIpc) is 3.34. The maximum absolute atomic E-state index is 12.9. The number of nitrogens with zero attached hydrogens (tertiary/aromatic N) is 4. The minimum Gasteiger partial charge on any atom is -0.358 e. The lowest BCUT2D eigenvalue weighted by Crippen LogP contribution is -2.55. The quantitative estimate of drug-likeness (QED) is 0.411. The van der Waals surface area contributed by atoms with E-state index < -0.39 is 11.2 Å². The van der Waals surface area contributed by atoms with Crippen molar-refractivity contribution in [3.8, 4) is 11.3 Å². The van der Waals surface area contributed by atoms with E-state index in [0.717, 1.165) is 55.3 Å². The number of hydrogen-bond acceptors (Lipinski definition) is 7. The van der Waals surface area contributed by atoms with Crippen molar-refractivity contribution in [2.24, 2.45) is 0 Å². The summed E-state index contributed by atoms with van der Waals surface area (Å²) in [6.45, 7) is 4.02. The van der Waals surface area contributed by atoms with Gasteiger partial charge in [0.05, 0.1) is 5.69 Å². The number of halogens is 3. The van der Waals surface area contributed by atoms with Crippen LogP contribution in [-0.4, -0.2) is 45.0 Å². The van der Waals surface area contributed by atoms with Crippen LogP contribution in [0.5, 0.6) is 0 Å². The van der Waals surface area contributed by atoms with Crippen LogP contribution in [0.25, 0.3) is 11.3 Å². The summed E-state index contributed by atoms with van der Waals surface area (Å²) in [4.78, 5) is 18.7. The maximum atomic E-state index is 12.9. The number of rotatable bonds is 8.